The first-order valence-electron chi connectivity index (χ1n) is 12.4. The first-order chi connectivity index (χ1) is 17.2. The van der Waals surface area contributed by atoms with Gasteiger partial charge in [0.2, 0.25) is 23.6 Å². The lowest BCUT2D eigenvalue weighted by Gasteiger charge is -2.24. The number of nitrogens with one attached hydrogen (secondary N) is 4. The predicted octanol–water partition coefficient (Wildman–Crippen LogP) is 2.13. The van der Waals surface area contributed by atoms with E-state index in [0.717, 1.165) is 11.1 Å². The Bertz CT molecular complexity index is 993. The van der Waals surface area contributed by atoms with Crippen LogP contribution in [0.25, 0.3) is 0 Å². The zero-order chi connectivity index (χ0) is 26.5. The Labute approximate surface area is 213 Å². The van der Waals surface area contributed by atoms with Crippen molar-refractivity contribution in [3.05, 3.63) is 71.8 Å². The minimum atomic E-state index is -0.883. The number of amides is 4. The number of carbonyl (C=O) groups is 4. The van der Waals surface area contributed by atoms with Gasteiger partial charge in [-0.3, -0.25) is 19.2 Å². The molecule has 0 fully saturated rings. The molecule has 0 aromatic heterocycles. The van der Waals surface area contributed by atoms with Gasteiger partial charge in [0.25, 0.3) is 0 Å². The molecule has 0 heterocycles. The summed E-state index contributed by atoms with van der Waals surface area (Å²) >= 11 is 0. The van der Waals surface area contributed by atoms with Crippen LogP contribution in [0.5, 0.6) is 0 Å². The SMILES string of the molecule is CC(C)NC(=O)[C@H](Cc1ccccc1)NC(=O)[C@H](Cc1ccccc1)NC(=O)CCNC(=O)C(C)C. The molecule has 0 aliphatic rings. The van der Waals surface area contributed by atoms with E-state index in [1.807, 2.05) is 74.5 Å². The molecule has 4 amide bonds. The summed E-state index contributed by atoms with van der Waals surface area (Å²) in [5.41, 5.74) is 1.78. The highest BCUT2D eigenvalue weighted by Crippen LogP contribution is 2.07. The smallest absolute Gasteiger partial charge is 0.243 e. The fraction of sp³-hybridized carbons (Fsp3) is 0.429. The van der Waals surface area contributed by atoms with Crippen LogP contribution in [0.3, 0.4) is 0 Å². The second kappa shape index (κ2) is 14.7. The maximum absolute atomic E-state index is 13.4. The van der Waals surface area contributed by atoms with Crippen LogP contribution in [0, 0.1) is 5.92 Å². The minimum Gasteiger partial charge on any atom is -0.355 e. The molecule has 0 saturated heterocycles. The van der Waals surface area contributed by atoms with Crippen LogP contribution in [0.1, 0.15) is 45.2 Å². The summed E-state index contributed by atoms with van der Waals surface area (Å²) in [5, 5.41) is 11.2. The molecule has 0 aliphatic heterocycles. The van der Waals surface area contributed by atoms with Crippen molar-refractivity contribution < 1.29 is 19.2 Å². The second-order valence-electron chi connectivity index (χ2n) is 9.42. The molecule has 0 aliphatic carbocycles. The van der Waals surface area contributed by atoms with Crippen LogP contribution in [0.15, 0.2) is 60.7 Å². The summed E-state index contributed by atoms with van der Waals surface area (Å²) in [5.74, 6) is -1.41. The second-order valence-corrected chi connectivity index (χ2v) is 9.42. The molecule has 8 nitrogen and oxygen atoms in total. The molecule has 2 rings (SSSR count). The van der Waals surface area contributed by atoms with Gasteiger partial charge in [-0.15, -0.1) is 0 Å². The highest BCUT2D eigenvalue weighted by Gasteiger charge is 2.27. The van der Waals surface area contributed by atoms with Gasteiger partial charge in [0.05, 0.1) is 0 Å². The molecule has 4 N–H and O–H groups in total. The maximum Gasteiger partial charge on any atom is 0.243 e. The number of hydrogen-bond donors (Lipinski definition) is 4. The van der Waals surface area contributed by atoms with Gasteiger partial charge in [0, 0.05) is 37.8 Å². The van der Waals surface area contributed by atoms with Crippen LogP contribution in [0.4, 0.5) is 0 Å². The van der Waals surface area contributed by atoms with Crippen molar-refractivity contribution >= 4 is 23.6 Å². The monoisotopic (exact) mass is 494 g/mol. The predicted molar refractivity (Wildman–Crippen MR) is 140 cm³/mol. The van der Waals surface area contributed by atoms with Gasteiger partial charge in [-0.05, 0) is 25.0 Å². The Hall–Kier alpha value is -3.68. The van der Waals surface area contributed by atoms with Gasteiger partial charge in [-0.2, -0.15) is 0 Å². The summed E-state index contributed by atoms with van der Waals surface area (Å²) in [6.45, 7) is 7.44. The lowest BCUT2D eigenvalue weighted by atomic mass is 10.0. The summed E-state index contributed by atoms with van der Waals surface area (Å²) in [4.78, 5) is 50.7. The van der Waals surface area contributed by atoms with Gasteiger partial charge < -0.3 is 21.3 Å². The Morgan fingerprint density at radius 3 is 1.58 bits per heavy atom. The molecule has 2 aromatic rings. The van der Waals surface area contributed by atoms with E-state index in [0.29, 0.717) is 6.42 Å². The third-order valence-electron chi connectivity index (χ3n) is 5.46. The zero-order valence-corrected chi connectivity index (χ0v) is 21.5. The van der Waals surface area contributed by atoms with Crippen LogP contribution in [0.2, 0.25) is 0 Å². The molecular formula is C28H38N4O4. The van der Waals surface area contributed by atoms with E-state index in [9.17, 15) is 19.2 Å². The maximum atomic E-state index is 13.4. The lowest BCUT2D eigenvalue weighted by Crippen LogP contribution is -2.55. The topological polar surface area (TPSA) is 116 Å². The van der Waals surface area contributed by atoms with Crippen LogP contribution < -0.4 is 21.3 Å². The quantitative estimate of drug-likeness (QED) is 0.341. The summed E-state index contributed by atoms with van der Waals surface area (Å²) in [6, 6.07) is 17.0. The first kappa shape index (κ1) is 28.6. The molecule has 0 saturated carbocycles. The average Bonchev–Trinajstić information content (AvgIpc) is 2.84. The number of hydrogen-bond acceptors (Lipinski definition) is 4. The molecule has 36 heavy (non-hydrogen) atoms. The molecular weight excluding hydrogens is 456 g/mol. The van der Waals surface area contributed by atoms with Crippen LogP contribution in [-0.4, -0.2) is 48.3 Å². The van der Waals surface area contributed by atoms with Crippen LogP contribution >= 0.6 is 0 Å². The summed E-state index contributed by atoms with van der Waals surface area (Å²) in [7, 11) is 0. The molecule has 0 radical (unpaired) electrons. The normalized spacial score (nSPS) is 12.5. The van der Waals surface area contributed by atoms with Crippen molar-refractivity contribution in [1.82, 2.24) is 21.3 Å². The van der Waals surface area contributed by atoms with Gasteiger partial charge in [-0.25, -0.2) is 0 Å². The van der Waals surface area contributed by atoms with E-state index in [1.54, 1.807) is 13.8 Å². The van der Waals surface area contributed by atoms with Gasteiger partial charge in [0.15, 0.2) is 0 Å². The molecule has 0 unspecified atom stereocenters. The lowest BCUT2D eigenvalue weighted by molar-refractivity contribution is -0.132. The van der Waals surface area contributed by atoms with Crippen molar-refractivity contribution in [1.29, 1.82) is 0 Å². The average molecular weight is 495 g/mol. The van der Waals surface area contributed by atoms with Gasteiger partial charge in [-0.1, -0.05) is 74.5 Å². The molecule has 194 valence electrons. The Kier molecular flexibility index (Phi) is 11.6. The highest BCUT2D eigenvalue weighted by molar-refractivity contribution is 5.92. The number of rotatable bonds is 13. The third-order valence-corrected chi connectivity index (χ3v) is 5.46. The molecule has 0 spiro atoms. The van der Waals surface area contributed by atoms with E-state index >= 15 is 0 Å². The Balaban J connectivity index is 2.14. The number of benzene rings is 2. The van der Waals surface area contributed by atoms with Crippen molar-refractivity contribution in [2.75, 3.05) is 6.54 Å². The molecule has 0 bridgehead atoms. The fourth-order valence-electron chi connectivity index (χ4n) is 3.55. The van der Waals surface area contributed by atoms with Crippen molar-refractivity contribution in [3.63, 3.8) is 0 Å². The fourth-order valence-corrected chi connectivity index (χ4v) is 3.55. The van der Waals surface area contributed by atoms with Gasteiger partial charge in [0.1, 0.15) is 12.1 Å². The van der Waals surface area contributed by atoms with Gasteiger partial charge >= 0.3 is 0 Å². The Morgan fingerprint density at radius 1 is 0.639 bits per heavy atom. The molecule has 8 heteroatoms. The molecule has 2 aromatic carbocycles. The number of carbonyl (C=O) groups excluding carboxylic acids is 4. The van der Waals surface area contributed by atoms with E-state index in [2.05, 4.69) is 21.3 Å². The van der Waals surface area contributed by atoms with Crippen molar-refractivity contribution in [2.45, 2.75) is 65.1 Å². The Morgan fingerprint density at radius 2 is 1.11 bits per heavy atom. The minimum absolute atomic E-state index is 0.0400. The van der Waals surface area contributed by atoms with Crippen molar-refractivity contribution in [2.24, 2.45) is 5.92 Å². The summed E-state index contributed by atoms with van der Waals surface area (Å²) in [6.07, 6.45) is 0.622. The van der Waals surface area contributed by atoms with Crippen LogP contribution in [-0.2, 0) is 32.0 Å². The summed E-state index contributed by atoms with van der Waals surface area (Å²) < 4.78 is 0. The van der Waals surface area contributed by atoms with Crippen molar-refractivity contribution in [3.8, 4) is 0 Å². The van der Waals surface area contributed by atoms with E-state index in [1.165, 1.54) is 0 Å². The largest absolute Gasteiger partial charge is 0.355 e. The van der Waals surface area contributed by atoms with E-state index < -0.39 is 18.0 Å². The highest BCUT2D eigenvalue weighted by atomic mass is 16.2. The standard InChI is InChI=1S/C28H38N4O4/c1-19(2)26(34)29-16-15-25(33)31-23(17-21-11-7-5-8-12-21)28(36)32-24(27(35)30-20(3)4)18-22-13-9-6-10-14-22/h5-14,19-20,23-24H,15-18H2,1-4H3,(H,29,34)(H,30,35)(H,31,33)(H,32,36)/t23-,24-/m0/s1. The van der Waals surface area contributed by atoms with E-state index in [-0.39, 0.29) is 49.1 Å². The zero-order valence-electron chi connectivity index (χ0n) is 21.5. The van der Waals surface area contributed by atoms with E-state index in [4.69, 9.17) is 0 Å². The third kappa shape index (κ3) is 10.3. The first-order valence-corrected chi connectivity index (χ1v) is 12.4. The molecule has 2 atom stereocenters.